The number of nitrogens with zero attached hydrogens (tertiary/aromatic N) is 1. The van der Waals surface area contributed by atoms with Gasteiger partial charge < -0.3 is 5.32 Å². The van der Waals surface area contributed by atoms with Gasteiger partial charge >= 0.3 is 0 Å². The average molecular weight is 251 g/mol. The molecular formula is C14H25N3O. The molecule has 4 nitrogen and oxygen atoms in total. The van der Waals surface area contributed by atoms with Crippen LogP contribution in [0.2, 0.25) is 0 Å². The molecule has 1 aliphatic heterocycles. The Bertz CT molecular complexity index is 336. The summed E-state index contributed by atoms with van der Waals surface area (Å²) in [5.41, 5.74) is -0.445. The van der Waals surface area contributed by atoms with Crippen LogP contribution in [0, 0.1) is 0 Å². The van der Waals surface area contributed by atoms with Crippen molar-refractivity contribution in [3.63, 3.8) is 0 Å². The Kier molecular flexibility index (Phi) is 4.25. The number of rotatable bonds is 7. The highest BCUT2D eigenvalue weighted by Crippen LogP contribution is 2.25. The molecule has 2 aliphatic rings. The third-order valence-corrected chi connectivity index (χ3v) is 3.77. The van der Waals surface area contributed by atoms with E-state index in [-0.39, 0.29) is 5.91 Å². The van der Waals surface area contributed by atoms with E-state index in [1.807, 2.05) is 6.92 Å². The standard InChI is InChI=1S/C14H25N3O/c1-3-4-5-6-7-10-14(2)12(18)16-13(17-14)15-11-8-9-11/h11H,3-10H2,1-2H3,(H2,15,16,17,18). The van der Waals surface area contributed by atoms with Gasteiger partial charge in [-0.3, -0.25) is 10.1 Å². The number of carbonyl (C=O) groups is 1. The van der Waals surface area contributed by atoms with Gasteiger partial charge in [0.25, 0.3) is 5.91 Å². The Morgan fingerprint density at radius 2 is 2.00 bits per heavy atom. The van der Waals surface area contributed by atoms with Crippen LogP contribution >= 0.6 is 0 Å². The first-order valence-electron chi connectivity index (χ1n) is 7.31. The molecule has 1 saturated heterocycles. The summed E-state index contributed by atoms with van der Waals surface area (Å²) in [4.78, 5) is 16.4. The van der Waals surface area contributed by atoms with Crippen molar-refractivity contribution in [3.05, 3.63) is 0 Å². The second kappa shape index (κ2) is 5.72. The normalized spacial score (nSPS) is 29.4. The number of hydrogen-bond acceptors (Lipinski definition) is 2. The predicted molar refractivity (Wildman–Crippen MR) is 73.5 cm³/mol. The molecule has 0 aromatic heterocycles. The maximum atomic E-state index is 12.0. The number of unbranched alkanes of at least 4 members (excludes halogenated alkanes) is 4. The maximum absolute atomic E-state index is 12.0. The lowest BCUT2D eigenvalue weighted by Gasteiger charge is -2.20. The lowest BCUT2D eigenvalue weighted by molar-refractivity contribution is -0.123. The molecule has 0 radical (unpaired) electrons. The van der Waals surface area contributed by atoms with Crippen molar-refractivity contribution in [1.82, 2.24) is 10.6 Å². The van der Waals surface area contributed by atoms with Crippen LogP contribution in [0.25, 0.3) is 0 Å². The van der Waals surface area contributed by atoms with Gasteiger partial charge in [-0.05, 0) is 26.2 Å². The van der Waals surface area contributed by atoms with E-state index in [4.69, 9.17) is 0 Å². The molecule has 0 aromatic carbocycles. The molecule has 102 valence electrons. The van der Waals surface area contributed by atoms with E-state index in [1.165, 1.54) is 25.7 Å². The molecule has 1 amide bonds. The first-order chi connectivity index (χ1) is 8.64. The van der Waals surface area contributed by atoms with E-state index >= 15 is 0 Å². The molecule has 2 N–H and O–H groups in total. The fourth-order valence-electron chi connectivity index (χ4n) is 2.30. The van der Waals surface area contributed by atoms with Crippen molar-refractivity contribution in [2.45, 2.75) is 76.8 Å². The third kappa shape index (κ3) is 3.47. The highest BCUT2D eigenvalue weighted by atomic mass is 16.2. The average Bonchev–Trinajstić information content (AvgIpc) is 3.07. The fourth-order valence-corrected chi connectivity index (χ4v) is 2.30. The van der Waals surface area contributed by atoms with Crippen molar-refractivity contribution < 1.29 is 4.79 Å². The minimum atomic E-state index is -0.445. The summed E-state index contributed by atoms with van der Waals surface area (Å²) < 4.78 is 0. The van der Waals surface area contributed by atoms with Crippen LogP contribution in [0.3, 0.4) is 0 Å². The molecule has 2 rings (SSSR count). The molecule has 0 spiro atoms. The Hall–Kier alpha value is -1.06. The smallest absolute Gasteiger partial charge is 0.252 e. The molecule has 1 heterocycles. The van der Waals surface area contributed by atoms with E-state index in [9.17, 15) is 4.79 Å². The van der Waals surface area contributed by atoms with Crippen LogP contribution in [-0.4, -0.2) is 23.4 Å². The number of aliphatic imine (C=N–C) groups is 1. The molecule has 1 aliphatic carbocycles. The predicted octanol–water partition coefficient (Wildman–Crippen LogP) is 2.34. The van der Waals surface area contributed by atoms with E-state index in [0.717, 1.165) is 25.7 Å². The van der Waals surface area contributed by atoms with Crippen LogP contribution in [0.15, 0.2) is 4.99 Å². The summed E-state index contributed by atoms with van der Waals surface area (Å²) in [5.74, 6) is 0.774. The second-order valence-electron chi connectivity index (χ2n) is 5.78. The van der Waals surface area contributed by atoms with E-state index in [2.05, 4.69) is 22.5 Å². The second-order valence-corrected chi connectivity index (χ2v) is 5.78. The lowest BCUT2D eigenvalue weighted by atomic mass is 9.94. The molecule has 0 bridgehead atoms. The first kappa shape index (κ1) is 13.4. The van der Waals surface area contributed by atoms with Crippen molar-refractivity contribution in [3.8, 4) is 0 Å². The highest BCUT2D eigenvalue weighted by Gasteiger charge is 2.40. The molecule has 4 heteroatoms. The number of amides is 1. The third-order valence-electron chi connectivity index (χ3n) is 3.77. The summed E-state index contributed by atoms with van der Waals surface area (Å²) in [7, 11) is 0. The largest absolute Gasteiger partial charge is 0.342 e. The molecule has 0 aromatic rings. The summed E-state index contributed by atoms with van der Waals surface area (Å²) in [6.07, 6.45) is 9.37. The topological polar surface area (TPSA) is 53.5 Å². The zero-order valence-corrected chi connectivity index (χ0v) is 11.6. The van der Waals surface area contributed by atoms with Crippen molar-refractivity contribution in [2.24, 2.45) is 4.99 Å². The fraction of sp³-hybridized carbons (Fsp3) is 0.857. The summed E-state index contributed by atoms with van der Waals surface area (Å²) in [5, 5.41) is 6.14. The minimum absolute atomic E-state index is 0.0809. The molecular weight excluding hydrogens is 226 g/mol. The zero-order valence-electron chi connectivity index (χ0n) is 11.6. The Labute approximate surface area is 110 Å². The number of carbonyl (C=O) groups excluding carboxylic acids is 1. The molecule has 1 unspecified atom stereocenters. The van der Waals surface area contributed by atoms with Gasteiger partial charge in [0, 0.05) is 0 Å². The van der Waals surface area contributed by atoms with E-state index < -0.39 is 5.54 Å². The van der Waals surface area contributed by atoms with Gasteiger partial charge in [-0.25, -0.2) is 4.99 Å². The van der Waals surface area contributed by atoms with Crippen molar-refractivity contribution in [2.75, 3.05) is 0 Å². The van der Waals surface area contributed by atoms with Crippen LogP contribution in [-0.2, 0) is 4.79 Å². The van der Waals surface area contributed by atoms with Gasteiger partial charge in [-0.15, -0.1) is 0 Å². The highest BCUT2D eigenvalue weighted by molar-refractivity contribution is 6.08. The summed E-state index contributed by atoms with van der Waals surface area (Å²) in [6, 6.07) is 0.444. The monoisotopic (exact) mass is 251 g/mol. The first-order valence-corrected chi connectivity index (χ1v) is 7.31. The molecule has 2 fully saturated rings. The van der Waals surface area contributed by atoms with Gasteiger partial charge in [0.1, 0.15) is 5.54 Å². The van der Waals surface area contributed by atoms with E-state index in [1.54, 1.807) is 0 Å². The SMILES string of the molecule is CCCCCCCC1(C)NC(=NC2CC2)NC1=O. The Morgan fingerprint density at radius 3 is 2.67 bits per heavy atom. The van der Waals surface area contributed by atoms with Crippen molar-refractivity contribution in [1.29, 1.82) is 0 Å². The number of nitrogens with one attached hydrogen (secondary N) is 2. The molecule has 18 heavy (non-hydrogen) atoms. The zero-order chi connectivity index (χ0) is 13.0. The van der Waals surface area contributed by atoms with Gasteiger partial charge in [0.2, 0.25) is 0 Å². The van der Waals surface area contributed by atoms with Crippen LogP contribution in [0.1, 0.15) is 65.2 Å². The number of guanidine groups is 1. The van der Waals surface area contributed by atoms with Gasteiger partial charge in [-0.1, -0.05) is 39.0 Å². The van der Waals surface area contributed by atoms with Crippen LogP contribution < -0.4 is 10.6 Å². The Morgan fingerprint density at radius 1 is 1.28 bits per heavy atom. The maximum Gasteiger partial charge on any atom is 0.252 e. The van der Waals surface area contributed by atoms with Gasteiger partial charge in [0.05, 0.1) is 6.04 Å². The van der Waals surface area contributed by atoms with Crippen LogP contribution in [0.4, 0.5) is 0 Å². The molecule has 1 saturated carbocycles. The van der Waals surface area contributed by atoms with Gasteiger partial charge in [0.15, 0.2) is 5.96 Å². The number of hydrogen-bond donors (Lipinski definition) is 2. The summed E-state index contributed by atoms with van der Waals surface area (Å²) >= 11 is 0. The van der Waals surface area contributed by atoms with Gasteiger partial charge in [-0.2, -0.15) is 0 Å². The lowest BCUT2D eigenvalue weighted by Crippen LogP contribution is -2.43. The minimum Gasteiger partial charge on any atom is -0.342 e. The Balaban J connectivity index is 1.77. The van der Waals surface area contributed by atoms with E-state index in [0.29, 0.717) is 12.0 Å². The quantitative estimate of drug-likeness (QED) is 0.682. The summed E-state index contributed by atoms with van der Waals surface area (Å²) in [6.45, 7) is 4.20. The van der Waals surface area contributed by atoms with Crippen molar-refractivity contribution >= 4 is 11.9 Å². The van der Waals surface area contributed by atoms with Crippen LogP contribution in [0.5, 0.6) is 0 Å². The molecule has 1 atom stereocenters.